The van der Waals surface area contributed by atoms with Gasteiger partial charge in [-0.25, -0.2) is 0 Å². The van der Waals surface area contributed by atoms with E-state index in [1.165, 1.54) is 17.0 Å². The number of amides is 1. The molecule has 4 aromatic rings. The second-order valence-corrected chi connectivity index (χ2v) is 10.3. The molecule has 1 N–H and O–H groups in total. The minimum absolute atomic E-state index is 0.251. The van der Waals surface area contributed by atoms with E-state index in [4.69, 9.17) is 17.0 Å². The maximum atomic E-state index is 13.8. The number of methoxy groups -OCH3 is 1. The van der Waals surface area contributed by atoms with Gasteiger partial charge in [0.1, 0.15) is 11.8 Å². The average molecular weight is 586 g/mol. The number of carbonyl (C=O) groups is 1. The third kappa shape index (κ3) is 3.81. The second-order valence-electron chi connectivity index (χ2n) is 9.01. The molecule has 1 aromatic heterocycles. The smallest absolute Gasteiger partial charge is 0.416 e. The Balaban J connectivity index is 1.48. The van der Waals surface area contributed by atoms with Crippen LogP contribution >= 0.6 is 28.1 Å². The normalized spacial score (nSPS) is 19.4. The summed E-state index contributed by atoms with van der Waals surface area (Å²) in [4.78, 5) is 20.6. The molecule has 2 unspecified atom stereocenters. The van der Waals surface area contributed by atoms with Crippen LogP contribution in [0.3, 0.4) is 0 Å². The molecule has 5 nitrogen and oxygen atoms in total. The summed E-state index contributed by atoms with van der Waals surface area (Å²) in [6.45, 7) is 0. The van der Waals surface area contributed by atoms with Crippen LogP contribution in [0.15, 0.2) is 71.2 Å². The summed E-state index contributed by atoms with van der Waals surface area (Å²) in [6, 6.07) is 17.1. The van der Waals surface area contributed by atoms with Gasteiger partial charge in [0, 0.05) is 27.5 Å². The fourth-order valence-corrected chi connectivity index (χ4v) is 6.05. The summed E-state index contributed by atoms with van der Waals surface area (Å²) in [5, 5.41) is 1.26. The molecule has 0 saturated carbocycles. The number of nitrogens with zero attached hydrogens (tertiary/aromatic N) is 2. The van der Waals surface area contributed by atoms with Gasteiger partial charge >= 0.3 is 6.18 Å². The molecule has 0 spiro atoms. The van der Waals surface area contributed by atoms with Gasteiger partial charge in [0.05, 0.1) is 24.4 Å². The van der Waals surface area contributed by atoms with Crippen molar-refractivity contribution in [2.24, 2.45) is 0 Å². The number of hydrogen-bond donors (Lipinski definition) is 1. The summed E-state index contributed by atoms with van der Waals surface area (Å²) in [6.07, 6.45) is -4.06. The Hall–Kier alpha value is -3.37. The molecule has 3 aromatic carbocycles. The zero-order valence-electron chi connectivity index (χ0n) is 19.3. The number of hydrogen-bond acceptors (Lipinski definition) is 3. The molecule has 10 heteroatoms. The molecular weight excluding hydrogens is 567 g/mol. The van der Waals surface area contributed by atoms with Gasteiger partial charge in [0.25, 0.3) is 5.91 Å². The molecule has 2 aliphatic rings. The Morgan fingerprint density at radius 3 is 2.41 bits per heavy atom. The molecule has 188 valence electrons. The van der Waals surface area contributed by atoms with Crippen LogP contribution in [0.5, 0.6) is 5.75 Å². The maximum Gasteiger partial charge on any atom is 0.416 e. The number of anilines is 1. The topological polar surface area (TPSA) is 48.6 Å². The second kappa shape index (κ2) is 8.59. The predicted molar refractivity (Wildman–Crippen MR) is 142 cm³/mol. The largest absolute Gasteiger partial charge is 0.497 e. The highest BCUT2D eigenvalue weighted by Crippen LogP contribution is 2.45. The molecule has 2 aliphatic heterocycles. The van der Waals surface area contributed by atoms with Gasteiger partial charge in [-0.15, -0.1) is 0 Å². The third-order valence-corrected chi connectivity index (χ3v) is 7.87. The van der Waals surface area contributed by atoms with Crippen LogP contribution < -0.4 is 9.64 Å². The van der Waals surface area contributed by atoms with Crippen LogP contribution in [0, 0.1) is 0 Å². The molecule has 1 amide bonds. The van der Waals surface area contributed by atoms with Crippen LogP contribution in [-0.4, -0.2) is 34.1 Å². The van der Waals surface area contributed by atoms with Crippen LogP contribution in [0.4, 0.5) is 18.9 Å². The zero-order valence-corrected chi connectivity index (χ0v) is 21.7. The van der Waals surface area contributed by atoms with E-state index in [-0.39, 0.29) is 11.0 Å². The number of halogens is 4. The lowest BCUT2D eigenvalue weighted by molar-refractivity contribution is -0.137. The summed E-state index contributed by atoms with van der Waals surface area (Å²) in [5.74, 6) is 0.432. The third-order valence-electron chi connectivity index (χ3n) is 6.99. The molecule has 2 atom stereocenters. The highest BCUT2D eigenvalue weighted by molar-refractivity contribution is 9.10. The lowest BCUT2D eigenvalue weighted by Crippen LogP contribution is -2.44. The molecule has 6 rings (SSSR count). The molecule has 0 radical (unpaired) electrons. The number of fused-ring (bicyclic) bond motifs is 4. The van der Waals surface area contributed by atoms with Crippen molar-refractivity contribution in [2.45, 2.75) is 24.7 Å². The summed E-state index contributed by atoms with van der Waals surface area (Å²) in [5.41, 5.74) is 3.33. The van der Waals surface area contributed by atoms with Gasteiger partial charge in [0.2, 0.25) is 0 Å². The molecule has 1 saturated heterocycles. The number of alkyl halides is 3. The van der Waals surface area contributed by atoms with E-state index >= 15 is 0 Å². The quantitative estimate of drug-likeness (QED) is 0.275. The van der Waals surface area contributed by atoms with Crippen molar-refractivity contribution >= 4 is 55.8 Å². The lowest BCUT2D eigenvalue weighted by Gasteiger charge is -2.37. The Morgan fingerprint density at radius 2 is 1.76 bits per heavy atom. The van der Waals surface area contributed by atoms with E-state index in [1.54, 1.807) is 7.11 Å². The molecule has 0 aliphatic carbocycles. The number of H-pyrrole nitrogens is 1. The van der Waals surface area contributed by atoms with E-state index in [2.05, 4.69) is 20.9 Å². The highest BCUT2D eigenvalue weighted by Gasteiger charge is 2.51. The number of benzene rings is 3. The van der Waals surface area contributed by atoms with Gasteiger partial charge in [0.15, 0.2) is 5.11 Å². The molecule has 37 heavy (non-hydrogen) atoms. The van der Waals surface area contributed by atoms with Crippen molar-refractivity contribution in [3.05, 3.63) is 93.6 Å². The van der Waals surface area contributed by atoms with Gasteiger partial charge in [-0.1, -0.05) is 28.1 Å². The first kappa shape index (κ1) is 24.0. The Bertz CT molecular complexity index is 1550. The van der Waals surface area contributed by atoms with Crippen molar-refractivity contribution in [1.29, 1.82) is 0 Å². The zero-order chi connectivity index (χ0) is 26.1. The first-order chi connectivity index (χ1) is 17.7. The average Bonchev–Trinajstić information content (AvgIpc) is 3.36. The molecule has 3 heterocycles. The fourth-order valence-electron chi connectivity index (χ4n) is 5.26. The SMILES string of the molecule is COc1ccc(C2c3[nH]c4ccc(Br)cc4c3CC3C(=O)N(c4ccc(C(F)(F)F)cc4)C(=S)N32)cc1. The molecule has 1 fully saturated rings. The number of rotatable bonds is 3. The number of carbonyl (C=O) groups excluding carboxylic acids is 1. The standard InChI is InChI=1S/C27H19BrF3N3O2S/c1-36-18-9-2-14(3-10-18)24-23-20(19-12-16(28)6-11-21(19)32-23)13-22-25(35)33(26(37)34(22)24)17-7-4-15(5-8-17)27(29,30)31/h2-12,22,24,32H,13H2,1H3. The predicted octanol–water partition coefficient (Wildman–Crippen LogP) is 6.61. The van der Waals surface area contributed by atoms with Crippen LogP contribution in [0.25, 0.3) is 10.9 Å². The van der Waals surface area contributed by atoms with Gasteiger partial charge < -0.3 is 14.6 Å². The lowest BCUT2D eigenvalue weighted by atomic mass is 9.89. The minimum Gasteiger partial charge on any atom is -0.497 e. The minimum atomic E-state index is -4.47. The number of nitrogens with one attached hydrogen (secondary N) is 1. The first-order valence-corrected chi connectivity index (χ1v) is 12.6. The van der Waals surface area contributed by atoms with E-state index in [9.17, 15) is 18.0 Å². The summed E-state index contributed by atoms with van der Waals surface area (Å²) < 4.78 is 45.6. The summed E-state index contributed by atoms with van der Waals surface area (Å²) >= 11 is 9.37. The van der Waals surface area contributed by atoms with E-state index in [0.29, 0.717) is 17.9 Å². The Kier molecular flexibility index (Phi) is 5.57. The fraction of sp³-hybridized carbons (Fsp3) is 0.185. The monoisotopic (exact) mass is 585 g/mol. The van der Waals surface area contributed by atoms with Crippen LogP contribution in [0.1, 0.15) is 28.4 Å². The van der Waals surface area contributed by atoms with Crippen molar-refractivity contribution < 1.29 is 22.7 Å². The van der Waals surface area contributed by atoms with Crippen molar-refractivity contribution in [2.75, 3.05) is 12.0 Å². The Morgan fingerprint density at radius 1 is 1.05 bits per heavy atom. The Labute approximate surface area is 223 Å². The van der Waals surface area contributed by atoms with Gasteiger partial charge in [-0.05, 0) is 77.9 Å². The van der Waals surface area contributed by atoms with Crippen molar-refractivity contribution in [3.63, 3.8) is 0 Å². The van der Waals surface area contributed by atoms with E-state index in [0.717, 1.165) is 44.3 Å². The molecule has 0 bridgehead atoms. The number of aromatic nitrogens is 1. The number of aromatic amines is 1. The van der Waals surface area contributed by atoms with Crippen molar-refractivity contribution in [3.8, 4) is 5.75 Å². The van der Waals surface area contributed by atoms with Crippen molar-refractivity contribution in [1.82, 2.24) is 9.88 Å². The first-order valence-electron chi connectivity index (χ1n) is 11.4. The van der Waals surface area contributed by atoms with Gasteiger partial charge in [-0.2, -0.15) is 13.2 Å². The van der Waals surface area contributed by atoms with E-state index < -0.39 is 23.8 Å². The maximum absolute atomic E-state index is 13.8. The van der Waals surface area contributed by atoms with Crippen LogP contribution in [-0.2, 0) is 17.4 Å². The van der Waals surface area contributed by atoms with Crippen LogP contribution in [0.2, 0.25) is 0 Å². The van der Waals surface area contributed by atoms with Gasteiger partial charge in [-0.3, -0.25) is 9.69 Å². The highest BCUT2D eigenvalue weighted by atomic mass is 79.9. The number of thiocarbonyl (C=S) groups is 1. The molecular formula is C27H19BrF3N3O2S. The number of ether oxygens (including phenoxy) is 1. The van der Waals surface area contributed by atoms with E-state index in [1.807, 2.05) is 47.4 Å². The summed E-state index contributed by atoms with van der Waals surface area (Å²) in [7, 11) is 1.59.